The Morgan fingerprint density at radius 1 is 1.57 bits per heavy atom. The number of nitrogens with zero attached hydrogens (tertiary/aromatic N) is 2. The number of pyridine rings is 1. The summed E-state index contributed by atoms with van der Waals surface area (Å²) < 4.78 is 12.9. The molecule has 4 heteroatoms. The molecule has 0 aliphatic carbocycles. The van der Waals surface area contributed by atoms with E-state index >= 15 is 0 Å². The smallest absolute Gasteiger partial charge is 0.143 e. The number of aliphatic hydroxyl groups excluding tert-OH is 1. The minimum Gasteiger partial charge on any atom is -0.396 e. The molecule has 76 valence electrons. The summed E-state index contributed by atoms with van der Waals surface area (Å²) in [5.41, 5.74) is 0.806. The van der Waals surface area contributed by atoms with E-state index in [0.717, 1.165) is 25.2 Å². The molecule has 1 saturated heterocycles. The van der Waals surface area contributed by atoms with Gasteiger partial charge in [-0.2, -0.15) is 0 Å². The fraction of sp³-hybridized carbons (Fsp3) is 0.500. The maximum atomic E-state index is 12.9. The lowest BCUT2D eigenvalue weighted by Gasteiger charge is -2.17. The molecule has 0 spiro atoms. The van der Waals surface area contributed by atoms with Gasteiger partial charge in [-0.15, -0.1) is 0 Å². The average molecular weight is 196 g/mol. The van der Waals surface area contributed by atoms with Gasteiger partial charge in [-0.25, -0.2) is 4.39 Å². The zero-order valence-corrected chi connectivity index (χ0v) is 7.86. The summed E-state index contributed by atoms with van der Waals surface area (Å²) in [4.78, 5) is 5.85. The summed E-state index contributed by atoms with van der Waals surface area (Å²) >= 11 is 0. The number of halogens is 1. The molecule has 0 aromatic carbocycles. The first-order valence-electron chi connectivity index (χ1n) is 4.76. The molecule has 1 N–H and O–H groups in total. The third-order valence-electron chi connectivity index (χ3n) is 2.60. The molecule has 14 heavy (non-hydrogen) atoms. The van der Waals surface area contributed by atoms with Crippen molar-refractivity contribution in [2.75, 3.05) is 24.6 Å². The van der Waals surface area contributed by atoms with Crippen molar-refractivity contribution in [3.8, 4) is 0 Å². The van der Waals surface area contributed by atoms with Crippen LogP contribution in [0.4, 0.5) is 10.1 Å². The minimum absolute atomic E-state index is 0.208. The van der Waals surface area contributed by atoms with Crippen molar-refractivity contribution in [1.82, 2.24) is 4.98 Å². The number of hydrogen-bond donors (Lipinski definition) is 1. The van der Waals surface area contributed by atoms with E-state index in [1.54, 1.807) is 6.20 Å². The molecule has 1 unspecified atom stereocenters. The van der Waals surface area contributed by atoms with E-state index in [1.165, 1.54) is 12.3 Å². The number of aliphatic hydroxyl groups is 1. The number of hydrogen-bond acceptors (Lipinski definition) is 3. The predicted molar refractivity (Wildman–Crippen MR) is 51.6 cm³/mol. The highest BCUT2D eigenvalue weighted by Crippen LogP contribution is 2.22. The van der Waals surface area contributed by atoms with Gasteiger partial charge in [0.1, 0.15) is 5.82 Å². The predicted octanol–water partition coefficient (Wildman–Crippen LogP) is 1.04. The van der Waals surface area contributed by atoms with Crippen LogP contribution in [0.25, 0.3) is 0 Å². The average Bonchev–Trinajstić information content (AvgIpc) is 2.66. The van der Waals surface area contributed by atoms with E-state index in [2.05, 4.69) is 9.88 Å². The lowest BCUT2D eigenvalue weighted by atomic mass is 10.1. The largest absolute Gasteiger partial charge is 0.396 e. The minimum atomic E-state index is -0.310. The molecule has 2 rings (SSSR count). The van der Waals surface area contributed by atoms with Crippen LogP contribution in [-0.2, 0) is 0 Å². The summed E-state index contributed by atoms with van der Waals surface area (Å²) in [6.07, 6.45) is 3.82. The molecular weight excluding hydrogens is 183 g/mol. The fourth-order valence-electron chi connectivity index (χ4n) is 1.79. The summed E-state index contributed by atoms with van der Waals surface area (Å²) in [7, 11) is 0. The van der Waals surface area contributed by atoms with Crippen molar-refractivity contribution in [2.45, 2.75) is 6.42 Å². The van der Waals surface area contributed by atoms with Gasteiger partial charge in [0.25, 0.3) is 0 Å². The third-order valence-corrected chi connectivity index (χ3v) is 2.60. The molecule has 1 fully saturated rings. The van der Waals surface area contributed by atoms with Gasteiger partial charge in [0.05, 0.1) is 18.1 Å². The van der Waals surface area contributed by atoms with Crippen molar-refractivity contribution in [3.63, 3.8) is 0 Å². The Kier molecular flexibility index (Phi) is 2.63. The van der Waals surface area contributed by atoms with Gasteiger partial charge < -0.3 is 10.0 Å². The lowest BCUT2D eigenvalue weighted by Crippen LogP contribution is -2.20. The molecule has 0 saturated carbocycles. The molecular formula is C10H13FN2O. The van der Waals surface area contributed by atoms with Gasteiger partial charge in [0.15, 0.2) is 0 Å². The van der Waals surface area contributed by atoms with Crippen LogP contribution in [0.1, 0.15) is 6.42 Å². The fourth-order valence-corrected chi connectivity index (χ4v) is 1.79. The maximum Gasteiger partial charge on any atom is 0.143 e. The first-order chi connectivity index (χ1) is 6.79. The van der Waals surface area contributed by atoms with Crippen molar-refractivity contribution in [2.24, 2.45) is 5.92 Å². The Morgan fingerprint density at radius 3 is 3.07 bits per heavy atom. The topological polar surface area (TPSA) is 36.4 Å². The summed E-state index contributed by atoms with van der Waals surface area (Å²) in [5.74, 6) is 0.00761. The van der Waals surface area contributed by atoms with Crippen LogP contribution >= 0.6 is 0 Å². The highest BCUT2D eigenvalue weighted by molar-refractivity contribution is 5.45. The van der Waals surface area contributed by atoms with E-state index in [0.29, 0.717) is 5.92 Å². The van der Waals surface area contributed by atoms with E-state index in [1.807, 2.05) is 0 Å². The molecule has 1 aliphatic rings. The van der Waals surface area contributed by atoms with Crippen LogP contribution in [0.15, 0.2) is 18.5 Å². The van der Waals surface area contributed by atoms with Gasteiger partial charge in [0.2, 0.25) is 0 Å². The Bertz CT molecular complexity index is 319. The number of aromatic nitrogens is 1. The number of rotatable bonds is 2. The second kappa shape index (κ2) is 3.92. The molecule has 0 bridgehead atoms. The van der Waals surface area contributed by atoms with Gasteiger partial charge in [-0.3, -0.25) is 4.98 Å². The molecule has 1 aromatic rings. The Labute approximate surface area is 82.2 Å². The maximum absolute atomic E-state index is 12.9. The van der Waals surface area contributed by atoms with E-state index in [4.69, 9.17) is 5.11 Å². The molecule has 0 amide bonds. The summed E-state index contributed by atoms with van der Waals surface area (Å²) in [6, 6.07) is 1.48. The molecule has 0 radical (unpaired) electrons. The van der Waals surface area contributed by atoms with Crippen LogP contribution in [-0.4, -0.2) is 29.8 Å². The third kappa shape index (κ3) is 1.85. The van der Waals surface area contributed by atoms with Gasteiger partial charge in [0, 0.05) is 31.7 Å². The SMILES string of the molecule is OCC1CCN(c2cncc(F)c2)C1. The van der Waals surface area contributed by atoms with Gasteiger partial charge in [-0.1, -0.05) is 0 Å². The van der Waals surface area contributed by atoms with Crippen LogP contribution in [0.2, 0.25) is 0 Å². The normalized spacial score (nSPS) is 21.6. The zero-order valence-electron chi connectivity index (χ0n) is 7.86. The first kappa shape index (κ1) is 9.40. The van der Waals surface area contributed by atoms with Crippen LogP contribution in [0.3, 0.4) is 0 Å². The number of anilines is 1. The van der Waals surface area contributed by atoms with Crippen LogP contribution in [0.5, 0.6) is 0 Å². The standard InChI is InChI=1S/C10H13FN2O/c11-9-3-10(5-12-4-9)13-2-1-8(6-13)7-14/h3-5,8,14H,1-2,6-7H2. The molecule has 1 atom stereocenters. The zero-order chi connectivity index (χ0) is 9.97. The second-order valence-corrected chi connectivity index (χ2v) is 3.64. The van der Waals surface area contributed by atoms with Crippen LogP contribution < -0.4 is 4.90 Å². The van der Waals surface area contributed by atoms with Gasteiger partial charge >= 0.3 is 0 Å². The van der Waals surface area contributed by atoms with E-state index in [9.17, 15) is 4.39 Å². The van der Waals surface area contributed by atoms with Crippen molar-refractivity contribution < 1.29 is 9.50 Å². The Morgan fingerprint density at radius 2 is 2.43 bits per heavy atom. The van der Waals surface area contributed by atoms with E-state index < -0.39 is 0 Å². The first-order valence-corrected chi connectivity index (χ1v) is 4.76. The Balaban J connectivity index is 2.09. The molecule has 3 nitrogen and oxygen atoms in total. The molecule has 1 aliphatic heterocycles. The van der Waals surface area contributed by atoms with Crippen molar-refractivity contribution in [3.05, 3.63) is 24.3 Å². The molecule has 2 heterocycles. The summed E-state index contributed by atoms with van der Waals surface area (Å²) in [6.45, 7) is 1.87. The lowest BCUT2D eigenvalue weighted by molar-refractivity contribution is 0.238. The highest BCUT2D eigenvalue weighted by atomic mass is 19.1. The van der Waals surface area contributed by atoms with E-state index in [-0.39, 0.29) is 12.4 Å². The Hall–Kier alpha value is -1.16. The van der Waals surface area contributed by atoms with Crippen LogP contribution in [0, 0.1) is 11.7 Å². The second-order valence-electron chi connectivity index (χ2n) is 3.64. The highest BCUT2D eigenvalue weighted by Gasteiger charge is 2.22. The molecule has 1 aromatic heterocycles. The summed E-state index contributed by atoms with van der Waals surface area (Å²) in [5, 5.41) is 8.97. The van der Waals surface area contributed by atoms with Crippen molar-refractivity contribution in [1.29, 1.82) is 0 Å². The van der Waals surface area contributed by atoms with Gasteiger partial charge in [-0.05, 0) is 6.42 Å². The monoisotopic (exact) mass is 196 g/mol. The van der Waals surface area contributed by atoms with Crippen molar-refractivity contribution >= 4 is 5.69 Å². The quantitative estimate of drug-likeness (QED) is 0.767.